The molecule has 1 atom stereocenters. The number of nitrogens with zero attached hydrogens (tertiary/aromatic N) is 2. The number of carbonyl (C=O) groups excluding carboxylic acids is 2. The third kappa shape index (κ3) is 4.00. The molecule has 2 amide bonds. The van der Waals surface area contributed by atoms with Crippen molar-refractivity contribution in [1.82, 2.24) is 5.32 Å². The lowest BCUT2D eigenvalue weighted by Gasteiger charge is -2.17. The van der Waals surface area contributed by atoms with Gasteiger partial charge in [-0.15, -0.1) is 0 Å². The molecular weight excluding hydrogens is 322 g/mol. The predicted octanol–water partition coefficient (Wildman–Crippen LogP) is 2.06. The van der Waals surface area contributed by atoms with Crippen molar-refractivity contribution in [2.75, 3.05) is 11.4 Å². The summed E-state index contributed by atoms with van der Waals surface area (Å²) in [6, 6.07) is 15.0. The first-order valence-corrected chi connectivity index (χ1v) is 7.91. The van der Waals surface area contributed by atoms with Crippen LogP contribution in [0.3, 0.4) is 0 Å². The summed E-state index contributed by atoms with van der Waals surface area (Å²) in [6.45, 7) is 0.439. The summed E-state index contributed by atoms with van der Waals surface area (Å²) in [6.07, 6.45) is 0.384. The number of para-hydroxylation sites is 1. The molecule has 7 nitrogen and oxygen atoms in total. The van der Waals surface area contributed by atoms with E-state index in [0.717, 1.165) is 5.69 Å². The van der Waals surface area contributed by atoms with Gasteiger partial charge in [0.15, 0.2) is 0 Å². The largest absolute Gasteiger partial charge is 0.351 e. The van der Waals surface area contributed by atoms with E-state index >= 15 is 0 Å². The second-order valence-corrected chi connectivity index (χ2v) is 5.91. The molecular formula is C18H17N3O4. The number of hydrogen-bond donors (Lipinski definition) is 1. The normalized spacial score (nSPS) is 16.7. The summed E-state index contributed by atoms with van der Waals surface area (Å²) >= 11 is 0. The molecule has 1 heterocycles. The molecule has 0 bridgehead atoms. The third-order valence-corrected chi connectivity index (χ3v) is 4.07. The molecule has 1 N–H and O–H groups in total. The zero-order valence-electron chi connectivity index (χ0n) is 13.4. The van der Waals surface area contributed by atoms with Gasteiger partial charge in [-0.05, 0) is 17.7 Å². The van der Waals surface area contributed by atoms with E-state index in [-0.39, 0.29) is 36.4 Å². The van der Waals surface area contributed by atoms with Gasteiger partial charge in [-0.3, -0.25) is 19.7 Å². The fourth-order valence-corrected chi connectivity index (χ4v) is 2.86. The monoisotopic (exact) mass is 339 g/mol. The molecule has 25 heavy (non-hydrogen) atoms. The maximum Gasteiger partial charge on any atom is 0.269 e. The maximum atomic E-state index is 12.2. The molecule has 0 unspecified atom stereocenters. The summed E-state index contributed by atoms with van der Waals surface area (Å²) in [5.74, 6) is -0.228. The highest BCUT2D eigenvalue weighted by molar-refractivity contribution is 5.96. The van der Waals surface area contributed by atoms with Crippen molar-refractivity contribution in [3.8, 4) is 0 Å². The summed E-state index contributed by atoms with van der Waals surface area (Å²) in [5.41, 5.74) is 1.50. The number of non-ortho nitro benzene ring substituents is 1. The number of benzene rings is 2. The van der Waals surface area contributed by atoms with Gasteiger partial charge < -0.3 is 10.2 Å². The molecule has 3 rings (SSSR count). The number of nitro groups is 1. The van der Waals surface area contributed by atoms with E-state index in [1.807, 2.05) is 30.3 Å². The second kappa shape index (κ2) is 7.12. The average Bonchev–Trinajstić information content (AvgIpc) is 2.96. The average molecular weight is 339 g/mol. The molecule has 1 aliphatic heterocycles. The van der Waals surface area contributed by atoms with Gasteiger partial charge in [0.2, 0.25) is 11.8 Å². The van der Waals surface area contributed by atoms with Crippen molar-refractivity contribution >= 4 is 23.2 Å². The molecule has 0 aromatic heterocycles. The number of amides is 2. The van der Waals surface area contributed by atoms with Crippen molar-refractivity contribution in [3.05, 3.63) is 70.3 Å². The topological polar surface area (TPSA) is 92.5 Å². The number of nitrogens with one attached hydrogen (secondary N) is 1. The molecule has 1 fully saturated rings. The Kier molecular flexibility index (Phi) is 4.74. The molecule has 0 spiro atoms. The van der Waals surface area contributed by atoms with Crippen LogP contribution >= 0.6 is 0 Å². The van der Waals surface area contributed by atoms with E-state index in [1.165, 1.54) is 12.1 Å². The molecule has 2 aromatic rings. The minimum atomic E-state index is -0.480. The summed E-state index contributed by atoms with van der Waals surface area (Å²) in [4.78, 5) is 36.1. The van der Waals surface area contributed by atoms with Gasteiger partial charge in [0, 0.05) is 30.8 Å². The van der Waals surface area contributed by atoms with Crippen molar-refractivity contribution in [1.29, 1.82) is 0 Å². The van der Waals surface area contributed by atoms with Crippen LogP contribution in [0.1, 0.15) is 12.0 Å². The lowest BCUT2D eigenvalue weighted by molar-refractivity contribution is -0.384. The number of hydrogen-bond acceptors (Lipinski definition) is 4. The van der Waals surface area contributed by atoms with Gasteiger partial charge in [0.05, 0.1) is 17.4 Å². The summed E-state index contributed by atoms with van der Waals surface area (Å²) in [7, 11) is 0. The second-order valence-electron chi connectivity index (χ2n) is 5.91. The van der Waals surface area contributed by atoms with Crippen molar-refractivity contribution < 1.29 is 14.5 Å². The number of nitro benzene ring substituents is 1. The zero-order chi connectivity index (χ0) is 17.8. The lowest BCUT2D eigenvalue weighted by Crippen LogP contribution is -2.38. The van der Waals surface area contributed by atoms with E-state index in [1.54, 1.807) is 17.0 Å². The van der Waals surface area contributed by atoms with Crippen LogP contribution < -0.4 is 10.2 Å². The van der Waals surface area contributed by atoms with E-state index in [4.69, 9.17) is 0 Å². The Bertz CT molecular complexity index is 790. The molecule has 2 aromatic carbocycles. The van der Waals surface area contributed by atoms with E-state index < -0.39 is 4.92 Å². The van der Waals surface area contributed by atoms with Gasteiger partial charge >= 0.3 is 0 Å². The quantitative estimate of drug-likeness (QED) is 0.666. The summed E-state index contributed by atoms with van der Waals surface area (Å²) in [5, 5.41) is 13.5. The van der Waals surface area contributed by atoms with E-state index in [2.05, 4.69) is 5.32 Å². The lowest BCUT2D eigenvalue weighted by atomic mass is 10.1. The predicted molar refractivity (Wildman–Crippen MR) is 92.1 cm³/mol. The SMILES string of the molecule is O=C(Cc1ccc([N+](=O)[O-])cc1)N[C@H]1CC(=O)N(c2ccccc2)C1. The Morgan fingerprint density at radius 2 is 1.84 bits per heavy atom. The van der Waals surface area contributed by atoms with Crippen molar-refractivity contribution in [2.45, 2.75) is 18.9 Å². The number of rotatable bonds is 5. The number of carbonyl (C=O) groups is 2. The minimum absolute atomic E-state index is 0.0101. The van der Waals surface area contributed by atoms with Gasteiger partial charge in [-0.2, -0.15) is 0 Å². The van der Waals surface area contributed by atoms with Crippen LogP contribution in [0.2, 0.25) is 0 Å². The zero-order valence-corrected chi connectivity index (χ0v) is 13.4. The van der Waals surface area contributed by atoms with Crippen LogP contribution in [-0.4, -0.2) is 29.3 Å². The van der Waals surface area contributed by atoms with Crippen LogP contribution in [0, 0.1) is 10.1 Å². The fourth-order valence-electron chi connectivity index (χ4n) is 2.86. The maximum absolute atomic E-state index is 12.2. The van der Waals surface area contributed by atoms with Crippen molar-refractivity contribution in [3.63, 3.8) is 0 Å². The van der Waals surface area contributed by atoms with Gasteiger partial charge in [-0.1, -0.05) is 30.3 Å². The molecule has 1 saturated heterocycles. The minimum Gasteiger partial charge on any atom is -0.351 e. The Balaban J connectivity index is 1.56. The van der Waals surface area contributed by atoms with Crippen molar-refractivity contribution in [2.24, 2.45) is 0 Å². The Morgan fingerprint density at radius 3 is 2.48 bits per heavy atom. The Morgan fingerprint density at radius 1 is 1.16 bits per heavy atom. The van der Waals surface area contributed by atoms with Crippen LogP contribution in [0.5, 0.6) is 0 Å². The molecule has 0 saturated carbocycles. The first-order valence-electron chi connectivity index (χ1n) is 7.91. The molecule has 7 heteroatoms. The smallest absolute Gasteiger partial charge is 0.269 e. The third-order valence-electron chi connectivity index (χ3n) is 4.07. The van der Waals surface area contributed by atoms with E-state index in [9.17, 15) is 19.7 Å². The van der Waals surface area contributed by atoms with Gasteiger partial charge in [0.1, 0.15) is 0 Å². The Labute approximate surface area is 144 Å². The highest BCUT2D eigenvalue weighted by Gasteiger charge is 2.31. The highest BCUT2D eigenvalue weighted by Crippen LogP contribution is 2.21. The van der Waals surface area contributed by atoms with Gasteiger partial charge in [0.25, 0.3) is 5.69 Å². The number of anilines is 1. The van der Waals surface area contributed by atoms with Crippen LogP contribution in [0.25, 0.3) is 0 Å². The summed E-state index contributed by atoms with van der Waals surface area (Å²) < 4.78 is 0. The standard InChI is InChI=1S/C18H17N3O4/c22-17(10-13-6-8-16(9-7-13)21(24)25)19-14-11-18(23)20(12-14)15-4-2-1-3-5-15/h1-9,14H,10-12H2,(H,19,22)/t14-/m0/s1. The van der Waals surface area contributed by atoms with Crippen LogP contribution in [0.15, 0.2) is 54.6 Å². The highest BCUT2D eigenvalue weighted by atomic mass is 16.6. The molecule has 1 aliphatic rings. The van der Waals surface area contributed by atoms with Crippen LogP contribution in [0.4, 0.5) is 11.4 Å². The van der Waals surface area contributed by atoms with Gasteiger partial charge in [-0.25, -0.2) is 0 Å². The van der Waals surface area contributed by atoms with Crippen LogP contribution in [-0.2, 0) is 16.0 Å². The molecule has 0 radical (unpaired) electrons. The first-order chi connectivity index (χ1) is 12.0. The van der Waals surface area contributed by atoms with E-state index in [0.29, 0.717) is 12.1 Å². The molecule has 0 aliphatic carbocycles. The first kappa shape index (κ1) is 16.6. The molecule has 128 valence electrons. The fraction of sp³-hybridized carbons (Fsp3) is 0.222. The Hall–Kier alpha value is -3.22.